The number of hydrogen-bond donors (Lipinski definition) is 0. The van der Waals surface area contributed by atoms with Crippen molar-refractivity contribution >= 4 is 21.6 Å². The van der Waals surface area contributed by atoms with Gasteiger partial charge in [-0.2, -0.15) is 0 Å². The van der Waals surface area contributed by atoms with Gasteiger partial charge in [0.25, 0.3) is 0 Å². The quantitative estimate of drug-likeness (QED) is 0.702. The van der Waals surface area contributed by atoms with Gasteiger partial charge in [-0.25, -0.2) is 12.7 Å². The highest BCUT2D eigenvalue weighted by Crippen LogP contribution is 2.23. The Hall–Kier alpha value is 0.200. The third-order valence-electron chi connectivity index (χ3n) is 2.70. The van der Waals surface area contributed by atoms with Crippen molar-refractivity contribution in [3.8, 4) is 0 Å². The van der Waals surface area contributed by atoms with Crippen molar-refractivity contribution in [3.05, 3.63) is 0 Å². The van der Waals surface area contributed by atoms with E-state index >= 15 is 0 Å². The summed E-state index contributed by atoms with van der Waals surface area (Å²) in [6, 6.07) is 0. The van der Waals surface area contributed by atoms with E-state index in [1.807, 2.05) is 13.8 Å². The van der Waals surface area contributed by atoms with Crippen LogP contribution in [-0.2, 0) is 10.0 Å². The van der Waals surface area contributed by atoms with Gasteiger partial charge in [-0.05, 0) is 24.7 Å². The highest BCUT2D eigenvalue weighted by molar-refractivity contribution is 7.89. The highest BCUT2D eigenvalue weighted by Gasteiger charge is 2.31. The summed E-state index contributed by atoms with van der Waals surface area (Å²) in [7, 11) is -3.02. The SMILES string of the molecule is CC(C)CS(=O)(=O)N1CCC(CCCl)C1. The van der Waals surface area contributed by atoms with E-state index in [0.717, 1.165) is 12.8 Å². The van der Waals surface area contributed by atoms with E-state index in [1.54, 1.807) is 4.31 Å². The molecule has 1 aliphatic heterocycles. The molecule has 1 fully saturated rings. The molecule has 1 saturated heterocycles. The summed E-state index contributed by atoms with van der Waals surface area (Å²) in [5.74, 6) is 1.55. The van der Waals surface area contributed by atoms with Gasteiger partial charge in [0.05, 0.1) is 5.75 Å². The Morgan fingerprint density at radius 3 is 2.67 bits per heavy atom. The Balaban J connectivity index is 2.52. The summed E-state index contributed by atoms with van der Waals surface area (Å²) in [4.78, 5) is 0. The minimum Gasteiger partial charge on any atom is -0.212 e. The van der Waals surface area contributed by atoms with Crippen LogP contribution in [0.3, 0.4) is 0 Å². The monoisotopic (exact) mass is 253 g/mol. The Morgan fingerprint density at radius 2 is 2.13 bits per heavy atom. The van der Waals surface area contributed by atoms with Crippen molar-refractivity contribution in [2.45, 2.75) is 26.7 Å². The molecule has 1 unspecified atom stereocenters. The minimum atomic E-state index is -3.02. The van der Waals surface area contributed by atoms with Crippen LogP contribution in [0.15, 0.2) is 0 Å². The molecule has 3 nitrogen and oxygen atoms in total. The molecular weight excluding hydrogens is 234 g/mol. The van der Waals surface area contributed by atoms with Crippen LogP contribution >= 0.6 is 11.6 Å². The van der Waals surface area contributed by atoms with Crippen molar-refractivity contribution in [2.24, 2.45) is 11.8 Å². The molecule has 0 saturated carbocycles. The molecule has 0 aromatic heterocycles. The second kappa shape index (κ2) is 5.51. The molecule has 0 spiro atoms. The Morgan fingerprint density at radius 1 is 1.47 bits per heavy atom. The molecule has 0 aliphatic carbocycles. The van der Waals surface area contributed by atoms with Crippen LogP contribution in [0, 0.1) is 11.8 Å². The third kappa shape index (κ3) is 3.93. The lowest BCUT2D eigenvalue weighted by Gasteiger charge is -2.17. The predicted molar refractivity (Wildman–Crippen MR) is 63.6 cm³/mol. The molecule has 0 bridgehead atoms. The maximum atomic E-state index is 11.9. The molecule has 0 aromatic carbocycles. The molecule has 0 amide bonds. The molecule has 0 radical (unpaired) electrons. The normalized spacial score (nSPS) is 23.9. The lowest BCUT2D eigenvalue weighted by atomic mass is 10.1. The fourth-order valence-electron chi connectivity index (χ4n) is 1.97. The summed E-state index contributed by atoms with van der Waals surface area (Å²) >= 11 is 5.66. The molecule has 15 heavy (non-hydrogen) atoms. The number of halogens is 1. The number of nitrogens with zero attached hydrogens (tertiary/aromatic N) is 1. The van der Waals surface area contributed by atoms with Crippen molar-refractivity contribution < 1.29 is 8.42 Å². The molecular formula is C10H20ClNO2S. The van der Waals surface area contributed by atoms with Gasteiger partial charge in [0.2, 0.25) is 10.0 Å². The van der Waals surface area contributed by atoms with E-state index in [4.69, 9.17) is 11.6 Å². The standard InChI is InChI=1S/C10H20ClNO2S/c1-9(2)8-15(13,14)12-6-4-10(7-12)3-5-11/h9-10H,3-8H2,1-2H3. The Kier molecular flexibility index (Phi) is 4.87. The number of rotatable bonds is 5. The van der Waals surface area contributed by atoms with E-state index in [0.29, 0.717) is 24.9 Å². The van der Waals surface area contributed by atoms with Gasteiger partial charge in [-0.3, -0.25) is 0 Å². The number of alkyl halides is 1. The van der Waals surface area contributed by atoms with Crippen LogP contribution < -0.4 is 0 Å². The van der Waals surface area contributed by atoms with Crippen LogP contribution in [0.2, 0.25) is 0 Å². The molecule has 0 N–H and O–H groups in total. The average Bonchev–Trinajstić information content (AvgIpc) is 2.51. The zero-order valence-electron chi connectivity index (χ0n) is 9.45. The fourth-order valence-corrected chi connectivity index (χ4v) is 4.15. The fraction of sp³-hybridized carbons (Fsp3) is 1.00. The summed E-state index contributed by atoms with van der Waals surface area (Å²) < 4.78 is 25.4. The predicted octanol–water partition coefficient (Wildman–Crippen LogP) is 1.92. The average molecular weight is 254 g/mol. The van der Waals surface area contributed by atoms with E-state index in [9.17, 15) is 8.42 Å². The van der Waals surface area contributed by atoms with Gasteiger partial charge in [0.15, 0.2) is 0 Å². The van der Waals surface area contributed by atoms with Crippen LogP contribution in [0.1, 0.15) is 26.7 Å². The van der Waals surface area contributed by atoms with Crippen molar-refractivity contribution in [2.75, 3.05) is 24.7 Å². The topological polar surface area (TPSA) is 37.4 Å². The molecule has 1 rings (SSSR count). The maximum Gasteiger partial charge on any atom is 0.214 e. The molecule has 1 aliphatic rings. The smallest absolute Gasteiger partial charge is 0.212 e. The number of sulfonamides is 1. The molecule has 0 aromatic rings. The van der Waals surface area contributed by atoms with Gasteiger partial charge in [-0.15, -0.1) is 11.6 Å². The van der Waals surface area contributed by atoms with E-state index in [-0.39, 0.29) is 11.7 Å². The van der Waals surface area contributed by atoms with E-state index in [2.05, 4.69) is 0 Å². The zero-order valence-corrected chi connectivity index (χ0v) is 11.0. The van der Waals surface area contributed by atoms with Gasteiger partial charge in [-0.1, -0.05) is 13.8 Å². The first-order valence-electron chi connectivity index (χ1n) is 5.49. The van der Waals surface area contributed by atoms with E-state index in [1.165, 1.54) is 0 Å². The Labute approximate surface area is 97.8 Å². The summed E-state index contributed by atoms with van der Waals surface area (Å²) in [5, 5.41) is 0. The lowest BCUT2D eigenvalue weighted by molar-refractivity contribution is 0.448. The first-order valence-corrected chi connectivity index (χ1v) is 7.64. The second-order valence-electron chi connectivity index (χ2n) is 4.66. The lowest BCUT2D eigenvalue weighted by Crippen LogP contribution is -2.32. The van der Waals surface area contributed by atoms with Crippen LogP contribution in [0.5, 0.6) is 0 Å². The van der Waals surface area contributed by atoms with Crippen LogP contribution in [0.25, 0.3) is 0 Å². The summed E-state index contributed by atoms with van der Waals surface area (Å²) in [6.45, 7) is 5.21. The van der Waals surface area contributed by atoms with Gasteiger partial charge in [0, 0.05) is 19.0 Å². The summed E-state index contributed by atoms with van der Waals surface area (Å²) in [5.41, 5.74) is 0. The largest absolute Gasteiger partial charge is 0.214 e. The molecule has 5 heteroatoms. The van der Waals surface area contributed by atoms with Gasteiger partial charge < -0.3 is 0 Å². The maximum absolute atomic E-state index is 11.9. The van der Waals surface area contributed by atoms with Crippen LogP contribution in [0.4, 0.5) is 0 Å². The first-order chi connectivity index (χ1) is 6.95. The summed E-state index contributed by atoms with van der Waals surface area (Å²) in [6.07, 6.45) is 1.89. The zero-order chi connectivity index (χ0) is 11.5. The van der Waals surface area contributed by atoms with Gasteiger partial charge >= 0.3 is 0 Å². The van der Waals surface area contributed by atoms with Crippen molar-refractivity contribution in [3.63, 3.8) is 0 Å². The molecule has 1 atom stereocenters. The van der Waals surface area contributed by atoms with Crippen molar-refractivity contribution in [1.82, 2.24) is 4.31 Å². The first kappa shape index (κ1) is 13.3. The van der Waals surface area contributed by atoms with E-state index < -0.39 is 10.0 Å². The van der Waals surface area contributed by atoms with Crippen molar-refractivity contribution in [1.29, 1.82) is 0 Å². The molecule has 90 valence electrons. The van der Waals surface area contributed by atoms with Crippen LogP contribution in [-0.4, -0.2) is 37.4 Å². The van der Waals surface area contributed by atoms with Gasteiger partial charge in [0.1, 0.15) is 0 Å². The highest BCUT2D eigenvalue weighted by atomic mass is 35.5. The molecule has 1 heterocycles. The third-order valence-corrected chi connectivity index (χ3v) is 5.13. The Bertz CT molecular complexity index is 290. The second-order valence-corrected chi connectivity index (χ2v) is 7.05. The minimum absolute atomic E-state index is 0.196. The number of hydrogen-bond acceptors (Lipinski definition) is 2.